The molecule has 2 nitrogen and oxygen atoms in total. The summed E-state index contributed by atoms with van der Waals surface area (Å²) >= 11 is 0. The Morgan fingerprint density at radius 3 is 1.14 bits per heavy atom. The van der Waals surface area contributed by atoms with Gasteiger partial charge in [-0.1, -0.05) is 0 Å². The standard InChI is InChI=1S/C3H9N.HOP.Zr/c1-4(2)3;1-2;/h1-3H3;2H;. The first kappa shape index (κ1) is 15.7. The number of nitrogens with zero attached hydrogens (tertiary/aromatic N) is 1. The molecule has 0 fully saturated rings. The topological polar surface area (TPSA) is 20.3 Å². The Hall–Kier alpha value is 0.943. The Morgan fingerprint density at radius 1 is 1.14 bits per heavy atom. The molecule has 0 aromatic heterocycles. The molecule has 0 aliphatic rings. The second kappa shape index (κ2) is 15.8. The van der Waals surface area contributed by atoms with Gasteiger partial charge in [0.05, 0.1) is 0 Å². The van der Waals surface area contributed by atoms with Gasteiger partial charge in [-0.25, -0.2) is 0 Å². The zero-order chi connectivity index (χ0) is 5.58. The maximum Gasteiger partial charge on any atom is 0.138 e. The summed E-state index contributed by atoms with van der Waals surface area (Å²) in [4.78, 5) is 2.00. The summed E-state index contributed by atoms with van der Waals surface area (Å²) in [7, 11) is 7.72. The van der Waals surface area contributed by atoms with Crippen molar-refractivity contribution in [2.24, 2.45) is 0 Å². The molecule has 0 aliphatic carbocycles. The summed E-state index contributed by atoms with van der Waals surface area (Å²) in [6, 6.07) is 0. The molecule has 0 N–H and O–H groups in total. The van der Waals surface area contributed by atoms with Crippen LogP contribution in [0.1, 0.15) is 0 Å². The first-order chi connectivity index (χ1) is 2.73. The van der Waals surface area contributed by atoms with Gasteiger partial charge in [-0.3, -0.25) is 4.57 Å². The third-order valence-corrected chi connectivity index (χ3v) is 0. The zero-order valence-electron chi connectivity index (χ0n) is 4.86. The number of hydrogen-bond acceptors (Lipinski definition) is 2. The Morgan fingerprint density at radius 2 is 1.14 bits per heavy atom. The summed E-state index contributed by atoms with van der Waals surface area (Å²) in [6.45, 7) is 0. The molecule has 4 heteroatoms. The van der Waals surface area contributed by atoms with Gasteiger partial charge >= 0.3 is 0 Å². The van der Waals surface area contributed by atoms with Crippen LogP contribution in [-0.2, 0) is 30.8 Å². The molecule has 7 heavy (non-hydrogen) atoms. The predicted octanol–water partition coefficient (Wildman–Crippen LogP) is 0.650. The summed E-state index contributed by atoms with van der Waals surface area (Å²) in [5.41, 5.74) is 0. The van der Waals surface area contributed by atoms with Crippen LogP contribution in [0.5, 0.6) is 0 Å². The molecular weight excluding hydrogens is 188 g/mol. The monoisotopic (exact) mass is 197 g/mol. The number of hydrogen-bond donors (Lipinski definition) is 0. The summed E-state index contributed by atoms with van der Waals surface area (Å²) in [5.74, 6) is 0. The summed E-state index contributed by atoms with van der Waals surface area (Å²) in [5, 5.41) is 0. The van der Waals surface area contributed by atoms with Crippen molar-refractivity contribution in [3.05, 3.63) is 0 Å². The van der Waals surface area contributed by atoms with Crippen molar-refractivity contribution in [1.82, 2.24) is 4.90 Å². The average Bonchev–Trinajstić information content (AvgIpc) is 1.41. The van der Waals surface area contributed by atoms with Gasteiger partial charge in [0.1, 0.15) is 9.12 Å². The molecule has 0 spiro atoms. The minimum absolute atomic E-state index is 0. The molecule has 0 rings (SSSR count). The normalized spacial score (nSPS) is 5.71. The maximum atomic E-state index is 8.06. The summed E-state index contributed by atoms with van der Waals surface area (Å²) < 4.78 is 8.06. The molecule has 0 aromatic rings. The largest absolute Gasteiger partial charge is 0.312 e. The molecule has 0 aliphatic heterocycles. The molecule has 0 saturated heterocycles. The van der Waals surface area contributed by atoms with Crippen LogP contribution < -0.4 is 0 Å². The average molecular weight is 198 g/mol. The van der Waals surface area contributed by atoms with Crippen LogP contribution in [0.4, 0.5) is 0 Å². The predicted molar refractivity (Wildman–Crippen MR) is 28.6 cm³/mol. The minimum atomic E-state index is 0. The van der Waals surface area contributed by atoms with E-state index in [1.54, 1.807) is 9.12 Å². The Labute approximate surface area is 66.0 Å². The molecule has 0 amide bonds. The fourth-order valence-corrected chi connectivity index (χ4v) is 0. The number of rotatable bonds is 0. The summed E-state index contributed by atoms with van der Waals surface area (Å²) in [6.07, 6.45) is 0. The molecule has 42 valence electrons. The van der Waals surface area contributed by atoms with E-state index >= 15 is 0 Å². The Balaban J connectivity index is -0.0000000480. The quantitative estimate of drug-likeness (QED) is 0.533. The van der Waals surface area contributed by atoms with Crippen molar-refractivity contribution in [3.63, 3.8) is 0 Å². The van der Waals surface area contributed by atoms with Crippen molar-refractivity contribution >= 4 is 9.12 Å². The molecule has 0 saturated carbocycles. The first-order valence-corrected chi connectivity index (χ1v) is 1.95. The fraction of sp³-hybridized carbons (Fsp3) is 1.00. The van der Waals surface area contributed by atoms with Crippen LogP contribution in [0.25, 0.3) is 0 Å². The van der Waals surface area contributed by atoms with Crippen molar-refractivity contribution in [2.75, 3.05) is 21.1 Å². The molecule has 0 heterocycles. The van der Waals surface area contributed by atoms with E-state index in [-0.39, 0.29) is 26.2 Å². The van der Waals surface area contributed by atoms with E-state index in [2.05, 4.69) is 0 Å². The molecule has 0 aromatic carbocycles. The minimum Gasteiger partial charge on any atom is -0.312 e. The van der Waals surface area contributed by atoms with E-state index in [1.807, 2.05) is 26.0 Å². The van der Waals surface area contributed by atoms with E-state index in [9.17, 15) is 0 Å². The fourth-order valence-electron chi connectivity index (χ4n) is 0. The van der Waals surface area contributed by atoms with E-state index in [1.165, 1.54) is 0 Å². The van der Waals surface area contributed by atoms with Gasteiger partial charge in [0.25, 0.3) is 0 Å². The van der Waals surface area contributed by atoms with Crippen LogP contribution in [0.3, 0.4) is 0 Å². The van der Waals surface area contributed by atoms with Gasteiger partial charge in [-0.2, -0.15) is 0 Å². The second-order valence-electron chi connectivity index (χ2n) is 1.34. The van der Waals surface area contributed by atoms with Crippen molar-refractivity contribution in [2.45, 2.75) is 0 Å². The molecule has 0 unspecified atom stereocenters. The van der Waals surface area contributed by atoms with Gasteiger partial charge in [0.15, 0.2) is 0 Å². The van der Waals surface area contributed by atoms with Crippen LogP contribution in [0.2, 0.25) is 0 Å². The van der Waals surface area contributed by atoms with Gasteiger partial charge in [-0.15, -0.1) is 0 Å². The van der Waals surface area contributed by atoms with Crippen molar-refractivity contribution in [1.29, 1.82) is 0 Å². The van der Waals surface area contributed by atoms with E-state index in [4.69, 9.17) is 4.57 Å². The van der Waals surface area contributed by atoms with Crippen molar-refractivity contribution < 1.29 is 30.8 Å². The second-order valence-corrected chi connectivity index (χ2v) is 1.34. The van der Waals surface area contributed by atoms with Gasteiger partial charge in [0.2, 0.25) is 0 Å². The van der Waals surface area contributed by atoms with Crippen LogP contribution in [0, 0.1) is 0 Å². The van der Waals surface area contributed by atoms with E-state index in [0.29, 0.717) is 0 Å². The molecular formula is C3H10NOPZr. The van der Waals surface area contributed by atoms with Gasteiger partial charge < -0.3 is 4.90 Å². The van der Waals surface area contributed by atoms with Gasteiger partial charge in [0, 0.05) is 26.2 Å². The SMILES string of the molecule is CN(C)C.O=P.[Zr]. The van der Waals surface area contributed by atoms with Crippen LogP contribution in [0.15, 0.2) is 0 Å². The third-order valence-electron chi connectivity index (χ3n) is 0. The molecule has 0 bridgehead atoms. The third kappa shape index (κ3) is 191. The van der Waals surface area contributed by atoms with Crippen molar-refractivity contribution in [3.8, 4) is 0 Å². The maximum absolute atomic E-state index is 8.06. The Kier molecular flexibility index (Phi) is 35.3. The van der Waals surface area contributed by atoms with Gasteiger partial charge in [-0.05, 0) is 21.1 Å². The van der Waals surface area contributed by atoms with Crippen LogP contribution in [-0.4, -0.2) is 26.0 Å². The zero-order valence-corrected chi connectivity index (χ0v) is 8.31. The van der Waals surface area contributed by atoms with Crippen LogP contribution >= 0.6 is 9.12 Å². The van der Waals surface area contributed by atoms with E-state index < -0.39 is 0 Å². The van der Waals surface area contributed by atoms with E-state index in [0.717, 1.165) is 0 Å². The first-order valence-electron chi connectivity index (χ1n) is 1.55. The molecule has 0 atom stereocenters. The smallest absolute Gasteiger partial charge is 0.138 e. The Bertz CT molecular complexity index is 26.1. The molecule has 0 radical (unpaired) electrons.